The molecule has 0 aromatic carbocycles. The lowest BCUT2D eigenvalue weighted by molar-refractivity contribution is 0.175. The van der Waals surface area contributed by atoms with Crippen LogP contribution in [0, 0.1) is 0 Å². The minimum Gasteiger partial charge on any atom is -0.464 e. The lowest BCUT2D eigenvalue weighted by atomic mass is 10.4. The highest BCUT2D eigenvalue weighted by Crippen LogP contribution is 2.10. The molecule has 0 saturated carbocycles. The standard InChI is InChI=1S/C11H22ClN5O/c1-5-7-18-11-14-9(12)17(16-8(3)4)10(15-11)13-6-2/h8,10,13,16H,5-7H2,1-4H3. The van der Waals surface area contributed by atoms with Gasteiger partial charge in [-0.2, -0.15) is 9.98 Å². The molecule has 0 bridgehead atoms. The maximum atomic E-state index is 6.14. The van der Waals surface area contributed by atoms with Crippen LogP contribution in [-0.2, 0) is 4.74 Å². The Bertz CT molecular complexity index is 319. The molecule has 0 aliphatic carbocycles. The second kappa shape index (κ2) is 7.56. The van der Waals surface area contributed by atoms with E-state index >= 15 is 0 Å². The number of ether oxygens (including phenoxy) is 1. The summed E-state index contributed by atoms with van der Waals surface area (Å²) in [6, 6.07) is 0.568. The summed E-state index contributed by atoms with van der Waals surface area (Å²) < 4.78 is 5.42. The largest absolute Gasteiger partial charge is 0.464 e. The van der Waals surface area contributed by atoms with Gasteiger partial charge < -0.3 is 4.74 Å². The van der Waals surface area contributed by atoms with Gasteiger partial charge in [-0.3, -0.25) is 5.32 Å². The van der Waals surface area contributed by atoms with Crippen molar-refractivity contribution in [3.63, 3.8) is 0 Å². The van der Waals surface area contributed by atoms with Gasteiger partial charge in [-0.25, -0.2) is 10.4 Å². The van der Waals surface area contributed by atoms with E-state index in [1.54, 1.807) is 5.01 Å². The molecule has 0 radical (unpaired) electrons. The highest BCUT2D eigenvalue weighted by atomic mass is 35.5. The molecule has 18 heavy (non-hydrogen) atoms. The van der Waals surface area contributed by atoms with Crippen molar-refractivity contribution in [2.45, 2.75) is 46.4 Å². The maximum absolute atomic E-state index is 6.14. The number of hydrogen-bond acceptors (Lipinski definition) is 6. The van der Waals surface area contributed by atoms with Gasteiger partial charge in [0.2, 0.25) is 5.29 Å². The molecule has 1 heterocycles. The number of hydrogen-bond donors (Lipinski definition) is 2. The highest BCUT2D eigenvalue weighted by molar-refractivity contribution is 6.65. The van der Waals surface area contributed by atoms with E-state index in [-0.39, 0.29) is 12.3 Å². The number of amidine groups is 2. The van der Waals surface area contributed by atoms with E-state index in [4.69, 9.17) is 16.3 Å². The first-order chi connectivity index (χ1) is 8.58. The number of hydrazine groups is 1. The van der Waals surface area contributed by atoms with Gasteiger partial charge in [-0.05, 0) is 38.4 Å². The van der Waals surface area contributed by atoms with Crippen LogP contribution in [0.2, 0.25) is 0 Å². The summed E-state index contributed by atoms with van der Waals surface area (Å²) in [6.07, 6.45) is 0.612. The molecule has 0 fully saturated rings. The van der Waals surface area contributed by atoms with Crippen molar-refractivity contribution >= 4 is 22.9 Å². The van der Waals surface area contributed by atoms with Crippen LogP contribution in [0.5, 0.6) is 0 Å². The van der Waals surface area contributed by atoms with Gasteiger partial charge in [-0.1, -0.05) is 13.8 Å². The molecule has 0 aromatic rings. The van der Waals surface area contributed by atoms with Gasteiger partial charge in [0.05, 0.1) is 6.61 Å². The summed E-state index contributed by atoms with van der Waals surface area (Å²) in [5, 5.41) is 5.24. The molecule has 1 unspecified atom stereocenters. The summed E-state index contributed by atoms with van der Waals surface area (Å²) in [5.41, 5.74) is 3.19. The van der Waals surface area contributed by atoms with Crippen molar-refractivity contribution < 1.29 is 4.74 Å². The molecule has 1 aliphatic heterocycles. The fraction of sp³-hybridized carbons (Fsp3) is 0.818. The van der Waals surface area contributed by atoms with Crippen LogP contribution >= 0.6 is 11.6 Å². The highest BCUT2D eigenvalue weighted by Gasteiger charge is 2.26. The van der Waals surface area contributed by atoms with Crippen molar-refractivity contribution in [3.8, 4) is 0 Å². The van der Waals surface area contributed by atoms with E-state index in [9.17, 15) is 0 Å². The summed E-state index contributed by atoms with van der Waals surface area (Å²) in [7, 11) is 0. The molecule has 1 rings (SSSR count). The van der Waals surface area contributed by atoms with Gasteiger partial charge in [0.1, 0.15) is 0 Å². The fourth-order valence-electron chi connectivity index (χ4n) is 1.41. The molecule has 2 N–H and O–H groups in total. The van der Waals surface area contributed by atoms with E-state index in [1.165, 1.54) is 0 Å². The molecule has 104 valence electrons. The molecular weight excluding hydrogens is 254 g/mol. The average Bonchev–Trinajstić information content (AvgIpc) is 2.31. The Morgan fingerprint density at radius 2 is 2.17 bits per heavy atom. The van der Waals surface area contributed by atoms with E-state index < -0.39 is 0 Å². The molecular formula is C11H22ClN5O. The minimum atomic E-state index is -0.297. The summed E-state index contributed by atoms with van der Waals surface area (Å²) in [5.74, 6) is 0. The van der Waals surface area contributed by atoms with Crippen LogP contribution < -0.4 is 10.7 Å². The van der Waals surface area contributed by atoms with E-state index in [0.29, 0.717) is 17.9 Å². The Morgan fingerprint density at radius 3 is 2.72 bits per heavy atom. The Kier molecular flexibility index (Phi) is 6.38. The molecule has 1 atom stereocenters. The van der Waals surface area contributed by atoms with Crippen molar-refractivity contribution in [1.82, 2.24) is 15.8 Å². The topological polar surface area (TPSA) is 61.2 Å². The molecule has 6 nitrogen and oxygen atoms in total. The van der Waals surface area contributed by atoms with Crippen LogP contribution in [0.25, 0.3) is 0 Å². The third-order valence-corrected chi connectivity index (χ3v) is 2.35. The molecule has 0 saturated heterocycles. The van der Waals surface area contributed by atoms with Crippen LogP contribution in [0.1, 0.15) is 34.1 Å². The Morgan fingerprint density at radius 1 is 1.44 bits per heavy atom. The lowest BCUT2D eigenvalue weighted by Gasteiger charge is -2.33. The average molecular weight is 276 g/mol. The van der Waals surface area contributed by atoms with Gasteiger partial charge in [0.15, 0.2) is 6.29 Å². The molecule has 0 spiro atoms. The monoisotopic (exact) mass is 275 g/mol. The van der Waals surface area contributed by atoms with Gasteiger partial charge >= 0.3 is 6.02 Å². The molecule has 7 heteroatoms. The van der Waals surface area contributed by atoms with Crippen molar-refractivity contribution in [3.05, 3.63) is 0 Å². The first-order valence-electron chi connectivity index (χ1n) is 6.32. The normalized spacial score (nSPS) is 19.9. The van der Waals surface area contributed by atoms with E-state index in [0.717, 1.165) is 13.0 Å². The Hall–Kier alpha value is -0.850. The van der Waals surface area contributed by atoms with Gasteiger partial charge in [0.25, 0.3) is 0 Å². The number of nitrogens with zero attached hydrogens (tertiary/aromatic N) is 3. The molecule has 1 aliphatic rings. The number of rotatable bonds is 6. The lowest BCUT2D eigenvalue weighted by Crippen LogP contribution is -2.57. The Labute approximate surface area is 113 Å². The van der Waals surface area contributed by atoms with Crippen LogP contribution in [0.3, 0.4) is 0 Å². The Balaban J connectivity index is 2.76. The van der Waals surface area contributed by atoms with Crippen LogP contribution in [0.15, 0.2) is 9.98 Å². The van der Waals surface area contributed by atoms with Crippen LogP contribution in [0.4, 0.5) is 0 Å². The zero-order chi connectivity index (χ0) is 13.5. The smallest absolute Gasteiger partial charge is 0.317 e. The quantitative estimate of drug-likeness (QED) is 0.721. The van der Waals surface area contributed by atoms with Crippen molar-refractivity contribution in [2.75, 3.05) is 13.2 Å². The first-order valence-corrected chi connectivity index (χ1v) is 6.69. The van der Waals surface area contributed by atoms with Gasteiger partial charge in [0, 0.05) is 6.04 Å². The predicted octanol–water partition coefficient (Wildman–Crippen LogP) is 1.49. The van der Waals surface area contributed by atoms with Crippen molar-refractivity contribution in [1.29, 1.82) is 0 Å². The van der Waals surface area contributed by atoms with Gasteiger partial charge in [-0.15, -0.1) is 0 Å². The zero-order valence-electron chi connectivity index (χ0n) is 11.4. The number of nitrogens with one attached hydrogen (secondary N) is 2. The van der Waals surface area contributed by atoms with E-state index in [2.05, 4.69) is 20.7 Å². The minimum absolute atomic E-state index is 0.239. The summed E-state index contributed by atoms with van der Waals surface area (Å²) >= 11 is 6.14. The first kappa shape index (κ1) is 15.2. The predicted molar refractivity (Wildman–Crippen MR) is 74.5 cm³/mol. The third kappa shape index (κ3) is 4.44. The maximum Gasteiger partial charge on any atom is 0.317 e. The zero-order valence-corrected chi connectivity index (χ0v) is 12.2. The third-order valence-electron chi connectivity index (χ3n) is 2.08. The van der Waals surface area contributed by atoms with E-state index in [1.807, 2.05) is 27.7 Å². The second-order valence-corrected chi connectivity index (χ2v) is 4.56. The fourth-order valence-corrected chi connectivity index (χ4v) is 1.62. The number of aliphatic imine (C=N–C) groups is 2. The second-order valence-electron chi connectivity index (χ2n) is 4.23. The SMILES string of the molecule is CCCOC1=NC(NCC)N(NC(C)C)C(Cl)=N1. The molecule has 0 amide bonds. The summed E-state index contributed by atoms with van der Waals surface area (Å²) in [4.78, 5) is 8.49. The number of halogens is 1. The molecule has 0 aromatic heterocycles. The summed E-state index contributed by atoms with van der Waals surface area (Å²) in [6.45, 7) is 9.46. The van der Waals surface area contributed by atoms with Crippen LogP contribution in [-0.4, -0.2) is 41.8 Å². The van der Waals surface area contributed by atoms with Crippen molar-refractivity contribution in [2.24, 2.45) is 9.98 Å².